The van der Waals surface area contributed by atoms with Crippen LogP contribution in [0, 0.1) is 0 Å². The second kappa shape index (κ2) is 4.94. The number of fused-ring (bicyclic) bond motifs is 1. The van der Waals surface area contributed by atoms with E-state index in [0.29, 0.717) is 16.9 Å². The van der Waals surface area contributed by atoms with Crippen LogP contribution in [0.4, 0.5) is 0 Å². The van der Waals surface area contributed by atoms with Gasteiger partial charge in [-0.1, -0.05) is 6.07 Å². The van der Waals surface area contributed by atoms with Crippen LogP contribution in [0.2, 0.25) is 0 Å². The van der Waals surface area contributed by atoms with E-state index in [9.17, 15) is 9.59 Å². The number of esters is 1. The molecule has 100 valence electrons. The molecule has 0 fully saturated rings. The van der Waals surface area contributed by atoms with Crippen LogP contribution in [0.1, 0.15) is 6.92 Å². The molecule has 3 aromatic rings. The van der Waals surface area contributed by atoms with Gasteiger partial charge in [0, 0.05) is 23.3 Å². The maximum absolute atomic E-state index is 12.0. The maximum atomic E-state index is 12.0. The number of benzene rings is 1. The van der Waals surface area contributed by atoms with Crippen molar-refractivity contribution in [2.75, 3.05) is 0 Å². The van der Waals surface area contributed by atoms with Crippen LogP contribution >= 0.6 is 11.3 Å². The summed E-state index contributed by atoms with van der Waals surface area (Å²) in [6.45, 7) is 1.32. The first-order valence-corrected chi connectivity index (χ1v) is 6.81. The van der Waals surface area contributed by atoms with Crippen molar-refractivity contribution in [1.82, 2.24) is 0 Å². The molecule has 0 saturated heterocycles. The van der Waals surface area contributed by atoms with E-state index < -0.39 is 11.6 Å². The fourth-order valence-electron chi connectivity index (χ4n) is 1.92. The highest BCUT2D eigenvalue weighted by Crippen LogP contribution is 2.26. The van der Waals surface area contributed by atoms with Gasteiger partial charge < -0.3 is 9.15 Å². The van der Waals surface area contributed by atoms with Gasteiger partial charge in [-0.15, -0.1) is 11.3 Å². The van der Waals surface area contributed by atoms with E-state index in [-0.39, 0.29) is 0 Å². The van der Waals surface area contributed by atoms with Crippen molar-refractivity contribution in [1.29, 1.82) is 0 Å². The first-order chi connectivity index (χ1) is 9.63. The Kier molecular flexibility index (Phi) is 3.12. The number of rotatable bonds is 2. The van der Waals surface area contributed by atoms with E-state index in [4.69, 9.17) is 9.15 Å². The molecule has 0 aliphatic heterocycles. The molecule has 0 saturated carbocycles. The Balaban J connectivity index is 2.14. The standard InChI is InChI=1S/C15H10O4S/c1-9(16)18-11-5-4-10-7-12(14-3-2-6-20-14)15(17)19-13(10)8-11/h2-8H,1H3. The molecule has 0 atom stereocenters. The summed E-state index contributed by atoms with van der Waals surface area (Å²) in [5.74, 6) is -0.0565. The van der Waals surface area contributed by atoms with Crippen LogP contribution < -0.4 is 10.4 Å². The monoisotopic (exact) mass is 286 g/mol. The van der Waals surface area contributed by atoms with Gasteiger partial charge in [-0.25, -0.2) is 4.79 Å². The highest BCUT2D eigenvalue weighted by Gasteiger charge is 2.09. The van der Waals surface area contributed by atoms with Gasteiger partial charge in [0.1, 0.15) is 11.3 Å². The van der Waals surface area contributed by atoms with Crippen molar-refractivity contribution < 1.29 is 13.9 Å². The molecule has 5 heteroatoms. The summed E-state index contributed by atoms with van der Waals surface area (Å²) in [6.07, 6.45) is 0. The first kappa shape index (κ1) is 12.6. The number of hydrogen-bond acceptors (Lipinski definition) is 5. The molecule has 0 aliphatic rings. The number of carbonyl (C=O) groups is 1. The molecule has 3 rings (SSSR count). The molecule has 0 radical (unpaired) electrons. The molecule has 2 heterocycles. The minimum atomic E-state index is -0.415. The van der Waals surface area contributed by atoms with Crippen LogP contribution in [0.5, 0.6) is 5.75 Å². The summed E-state index contributed by atoms with van der Waals surface area (Å²) in [5, 5.41) is 2.69. The van der Waals surface area contributed by atoms with Crippen molar-refractivity contribution in [2.24, 2.45) is 0 Å². The quantitative estimate of drug-likeness (QED) is 0.411. The number of carbonyl (C=O) groups excluding carboxylic acids is 1. The molecular formula is C15H10O4S. The lowest BCUT2D eigenvalue weighted by molar-refractivity contribution is -0.131. The summed E-state index contributed by atoms with van der Waals surface area (Å²) < 4.78 is 10.3. The Morgan fingerprint density at radius 1 is 1.25 bits per heavy atom. The van der Waals surface area contributed by atoms with Crippen LogP contribution in [0.3, 0.4) is 0 Å². The van der Waals surface area contributed by atoms with Crippen molar-refractivity contribution in [3.05, 3.63) is 52.2 Å². The van der Waals surface area contributed by atoms with Crippen LogP contribution in [0.25, 0.3) is 21.4 Å². The molecule has 0 N–H and O–H groups in total. The zero-order valence-corrected chi connectivity index (χ0v) is 11.4. The molecular weight excluding hydrogens is 276 g/mol. The topological polar surface area (TPSA) is 56.5 Å². The van der Waals surface area contributed by atoms with E-state index >= 15 is 0 Å². The van der Waals surface area contributed by atoms with E-state index in [1.54, 1.807) is 18.2 Å². The van der Waals surface area contributed by atoms with Crippen LogP contribution in [0.15, 0.2) is 51.0 Å². The lowest BCUT2D eigenvalue weighted by Crippen LogP contribution is -2.03. The predicted octanol–water partition coefficient (Wildman–Crippen LogP) is 3.45. The normalized spacial score (nSPS) is 10.7. The van der Waals surface area contributed by atoms with Gasteiger partial charge in [-0.2, -0.15) is 0 Å². The number of thiophene rings is 1. The van der Waals surface area contributed by atoms with Crippen molar-refractivity contribution >= 4 is 28.3 Å². The Morgan fingerprint density at radius 3 is 2.80 bits per heavy atom. The number of hydrogen-bond donors (Lipinski definition) is 0. The van der Waals surface area contributed by atoms with Crippen molar-refractivity contribution in [3.8, 4) is 16.2 Å². The van der Waals surface area contributed by atoms with Gasteiger partial charge in [0.2, 0.25) is 0 Å². The summed E-state index contributed by atoms with van der Waals surface area (Å²) in [7, 11) is 0. The van der Waals surface area contributed by atoms with Gasteiger partial charge in [0.15, 0.2) is 0 Å². The molecule has 1 aromatic carbocycles. The first-order valence-electron chi connectivity index (χ1n) is 5.94. The average molecular weight is 286 g/mol. The molecule has 20 heavy (non-hydrogen) atoms. The van der Waals surface area contributed by atoms with Crippen LogP contribution in [-0.2, 0) is 4.79 Å². The van der Waals surface area contributed by atoms with Crippen molar-refractivity contribution in [2.45, 2.75) is 6.92 Å². The SMILES string of the molecule is CC(=O)Oc1ccc2cc(-c3cccs3)c(=O)oc2c1. The number of ether oxygens (including phenoxy) is 1. The fraction of sp³-hybridized carbons (Fsp3) is 0.0667. The fourth-order valence-corrected chi connectivity index (χ4v) is 2.65. The van der Waals surface area contributed by atoms with E-state index in [0.717, 1.165) is 10.3 Å². The van der Waals surface area contributed by atoms with Gasteiger partial charge in [0.25, 0.3) is 0 Å². The van der Waals surface area contributed by atoms with E-state index in [2.05, 4.69) is 0 Å². The summed E-state index contributed by atoms with van der Waals surface area (Å²) in [5.41, 5.74) is 0.529. The summed E-state index contributed by atoms with van der Waals surface area (Å²) in [6, 6.07) is 10.5. The largest absolute Gasteiger partial charge is 0.427 e. The minimum absolute atomic E-state index is 0.358. The third-order valence-corrected chi connectivity index (χ3v) is 3.66. The smallest absolute Gasteiger partial charge is 0.345 e. The Morgan fingerprint density at radius 2 is 2.10 bits per heavy atom. The third kappa shape index (κ3) is 2.35. The van der Waals surface area contributed by atoms with Gasteiger partial charge in [0.05, 0.1) is 5.56 Å². The Labute approximate surface area is 118 Å². The van der Waals surface area contributed by atoms with Gasteiger partial charge in [-0.3, -0.25) is 4.79 Å². The molecule has 4 nitrogen and oxygen atoms in total. The molecule has 0 unspecified atom stereocenters. The maximum Gasteiger partial charge on any atom is 0.345 e. The second-order valence-corrected chi connectivity index (χ2v) is 5.17. The Hall–Kier alpha value is -2.40. The third-order valence-electron chi connectivity index (χ3n) is 2.76. The minimum Gasteiger partial charge on any atom is -0.427 e. The summed E-state index contributed by atoms with van der Waals surface area (Å²) in [4.78, 5) is 23.8. The zero-order chi connectivity index (χ0) is 14.1. The summed E-state index contributed by atoms with van der Waals surface area (Å²) >= 11 is 1.48. The predicted molar refractivity (Wildman–Crippen MR) is 77.1 cm³/mol. The second-order valence-electron chi connectivity index (χ2n) is 4.22. The molecule has 0 spiro atoms. The van der Waals surface area contributed by atoms with E-state index in [1.165, 1.54) is 24.3 Å². The lowest BCUT2D eigenvalue weighted by Gasteiger charge is -2.03. The van der Waals surface area contributed by atoms with Crippen molar-refractivity contribution in [3.63, 3.8) is 0 Å². The van der Waals surface area contributed by atoms with Gasteiger partial charge >= 0.3 is 11.6 Å². The molecule has 0 bridgehead atoms. The highest BCUT2D eigenvalue weighted by atomic mass is 32.1. The molecule has 2 aromatic heterocycles. The van der Waals surface area contributed by atoms with E-state index in [1.807, 2.05) is 17.5 Å². The lowest BCUT2D eigenvalue weighted by atomic mass is 10.1. The zero-order valence-electron chi connectivity index (χ0n) is 10.6. The highest BCUT2D eigenvalue weighted by molar-refractivity contribution is 7.13. The molecule has 0 amide bonds. The molecule has 0 aliphatic carbocycles. The average Bonchev–Trinajstić information content (AvgIpc) is 2.90. The van der Waals surface area contributed by atoms with Gasteiger partial charge in [-0.05, 0) is 29.6 Å². The van der Waals surface area contributed by atoms with Crippen LogP contribution in [-0.4, -0.2) is 5.97 Å². The Bertz CT molecular complexity index is 831.